The van der Waals surface area contributed by atoms with Gasteiger partial charge < -0.3 is 9.47 Å². The molecule has 0 saturated carbocycles. The van der Waals surface area contributed by atoms with E-state index in [0.717, 1.165) is 0 Å². The van der Waals surface area contributed by atoms with Crippen LogP contribution < -0.4 is 4.74 Å². The van der Waals surface area contributed by atoms with Gasteiger partial charge in [-0.05, 0) is 26.0 Å². The molecule has 17 heavy (non-hydrogen) atoms. The highest BCUT2D eigenvalue weighted by Gasteiger charge is 2.08. The number of esters is 1. The third-order valence-corrected chi connectivity index (χ3v) is 2.14. The van der Waals surface area contributed by atoms with Crippen LogP contribution in [0, 0.1) is 0 Å². The molecule has 1 aromatic rings. The van der Waals surface area contributed by atoms with Gasteiger partial charge in [-0.3, -0.25) is 9.59 Å². The van der Waals surface area contributed by atoms with Gasteiger partial charge in [0.05, 0.1) is 25.2 Å². The van der Waals surface area contributed by atoms with Crippen molar-refractivity contribution >= 4 is 11.8 Å². The molecule has 4 nitrogen and oxygen atoms in total. The highest BCUT2D eigenvalue weighted by Crippen LogP contribution is 2.18. The number of carbonyl (C=O) groups excluding carboxylic acids is 2. The van der Waals surface area contributed by atoms with Crippen LogP contribution in [0.4, 0.5) is 0 Å². The molecule has 0 radical (unpaired) electrons. The third-order valence-electron chi connectivity index (χ3n) is 2.14. The van der Waals surface area contributed by atoms with Crippen molar-refractivity contribution in [1.29, 1.82) is 0 Å². The van der Waals surface area contributed by atoms with Gasteiger partial charge in [0.1, 0.15) is 5.75 Å². The molecule has 0 aliphatic heterocycles. The van der Waals surface area contributed by atoms with Gasteiger partial charge in [-0.25, -0.2) is 0 Å². The van der Waals surface area contributed by atoms with Crippen molar-refractivity contribution in [3.63, 3.8) is 0 Å². The van der Waals surface area contributed by atoms with Crippen LogP contribution in [-0.2, 0) is 9.53 Å². The molecule has 0 spiro atoms. The molecule has 0 unspecified atom stereocenters. The zero-order valence-electron chi connectivity index (χ0n) is 10.1. The predicted octanol–water partition coefficient (Wildman–Crippen LogP) is 2.22. The molecule has 1 aromatic carbocycles. The standard InChI is InChI=1S/C13H16O4/c1-3-16-13(15)8-9-17-12-7-5-4-6-11(12)10(2)14/h4-7H,3,8-9H2,1-2H3. The minimum atomic E-state index is -0.298. The summed E-state index contributed by atoms with van der Waals surface area (Å²) in [4.78, 5) is 22.4. The summed E-state index contributed by atoms with van der Waals surface area (Å²) >= 11 is 0. The average Bonchev–Trinajstić information content (AvgIpc) is 2.30. The van der Waals surface area contributed by atoms with Crippen molar-refractivity contribution < 1.29 is 19.1 Å². The van der Waals surface area contributed by atoms with E-state index in [0.29, 0.717) is 17.9 Å². The number of para-hydroxylation sites is 1. The predicted molar refractivity (Wildman–Crippen MR) is 63.2 cm³/mol. The molecule has 0 atom stereocenters. The van der Waals surface area contributed by atoms with Crippen LogP contribution in [0.5, 0.6) is 5.75 Å². The van der Waals surface area contributed by atoms with Crippen LogP contribution in [-0.4, -0.2) is 25.0 Å². The van der Waals surface area contributed by atoms with Gasteiger partial charge in [-0.2, -0.15) is 0 Å². The summed E-state index contributed by atoms with van der Waals surface area (Å²) in [6.45, 7) is 3.81. The Morgan fingerprint density at radius 1 is 1.24 bits per heavy atom. The maximum absolute atomic E-state index is 11.3. The van der Waals surface area contributed by atoms with Gasteiger partial charge in [0.15, 0.2) is 5.78 Å². The molecular weight excluding hydrogens is 220 g/mol. The number of hydrogen-bond donors (Lipinski definition) is 0. The smallest absolute Gasteiger partial charge is 0.309 e. The zero-order valence-corrected chi connectivity index (χ0v) is 10.1. The number of rotatable bonds is 6. The Balaban J connectivity index is 2.52. The Kier molecular flexibility index (Phi) is 5.20. The number of hydrogen-bond acceptors (Lipinski definition) is 4. The second-order valence-corrected chi connectivity index (χ2v) is 3.46. The second-order valence-electron chi connectivity index (χ2n) is 3.46. The van der Waals surface area contributed by atoms with Gasteiger partial charge in [-0.15, -0.1) is 0 Å². The average molecular weight is 236 g/mol. The monoisotopic (exact) mass is 236 g/mol. The van der Waals surface area contributed by atoms with Crippen LogP contribution in [0.3, 0.4) is 0 Å². The largest absolute Gasteiger partial charge is 0.492 e. The highest BCUT2D eigenvalue weighted by atomic mass is 16.5. The molecule has 0 bridgehead atoms. The fourth-order valence-electron chi connectivity index (χ4n) is 1.36. The molecule has 0 aromatic heterocycles. The molecule has 0 saturated heterocycles. The lowest BCUT2D eigenvalue weighted by Gasteiger charge is -2.08. The fourth-order valence-corrected chi connectivity index (χ4v) is 1.36. The first-order chi connectivity index (χ1) is 8.15. The van der Waals surface area contributed by atoms with Crippen molar-refractivity contribution in [2.75, 3.05) is 13.2 Å². The van der Waals surface area contributed by atoms with Gasteiger partial charge in [-0.1, -0.05) is 12.1 Å². The normalized spacial score (nSPS) is 9.76. The van der Waals surface area contributed by atoms with E-state index in [4.69, 9.17) is 9.47 Å². The van der Waals surface area contributed by atoms with Crippen molar-refractivity contribution in [1.82, 2.24) is 0 Å². The van der Waals surface area contributed by atoms with Gasteiger partial charge in [0.2, 0.25) is 0 Å². The molecule has 0 aliphatic rings. The quantitative estimate of drug-likeness (QED) is 0.561. The van der Waals surface area contributed by atoms with E-state index in [1.807, 2.05) is 0 Å². The van der Waals surface area contributed by atoms with Crippen molar-refractivity contribution in [3.05, 3.63) is 29.8 Å². The van der Waals surface area contributed by atoms with Crippen molar-refractivity contribution in [3.8, 4) is 5.75 Å². The van der Waals surface area contributed by atoms with E-state index in [1.54, 1.807) is 31.2 Å². The number of benzene rings is 1. The molecule has 1 rings (SSSR count). The minimum absolute atomic E-state index is 0.0586. The number of ether oxygens (including phenoxy) is 2. The van der Waals surface area contributed by atoms with Gasteiger partial charge >= 0.3 is 5.97 Å². The Hall–Kier alpha value is -1.84. The first-order valence-corrected chi connectivity index (χ1v) is 5.53. The lowest BCUT2D eigenvalue weighted by Crippen LogP contribution is -2.10. The molecule has 0 heterocycles. The maximum Gasteiger partial charge on any atom is 0.309 e. The summed E-state index contributed by atoms with van der Waals surface area (Å²) in [5.41, 5.74) is 0.524. The third kappa shape index (κ3) is 4.26. The van der Waals surface area contributed by atoms with Crippen LogP contribution in [0.25, 0.3) is 0 Å². The van der Waals surface area contributed by atoms with Crippen LogP contribution in [0.2, 0.25) is 0 Å². The summed E-state index contributed by atoms with van der Waals surface area (Å²) in [6, 6.07) is 6.96. The van der Waals surface area contributed by atoms with E-state index >= 15 is 0 Å². The molecule has 0 amide bonds. The lowest BCUT2D eigenvalue weighted by molar-refractivity contribution is -0.143. The molecule has 0 fully saturated rings. The number of ketones is 1. The molecule has 4 heteroatoms. The summed E-state index contributed by atoms with van der Waals surface area (Å²) in [5.74, 6) is 0.147. The molecule has 0 aliphatic carbocycles. The zero-order chi connectivity index (χ0) is 12.7. The Bertz CT molecular complexity index is 398. The topological polar surface area (TPSA) is 52.6 Å². The minimum Gasteiger partial charge on any atom is -0.492 e. The van der Waals surface area contributed by atoms with Crippen molar-refractivity contribution in [2.24, 2.45) is 0 Å². The summed E-state index contributed by atoms with van der Waals surface area (Å²) in [5, 5.41) is 0. The van der Waals surface area contributed by atoms with Gasteiger partial charge in [0, 0.05) is 0 Å². The van der Waals surface area contributed by atoms with E-state index in [-0.39, 0.29) is 24.8 Å². The van der Waals surface area contributed by atoms with Crippen LogP contribution >= 0.6 is 0 Å². The number of Topliss-reactive ketones (excluding diaryl/α,β-unsaturated/α-hetero) is 1. The Labute approximate surface area is 101 Å². The fraction of sp³-hybridized carbons (Fsp3) is 0.385. The molecule has 0 N–H and O–H groups in total. The highest BCUT2D eigenvalue weighted by molar-refractivity contribution is 5.96. The first kappa shape index (κ1) is 13.2. The Morgan fingerprint density at radius 2 is 1.94 bits per heavy atom. The molecular formula is C13H16O4. The summed E-state index contributed by atoms with van der Waals surface area (Å²) in [6.07, 6.45) is 0.181. The van der Waals surface area contributed by atoms with Gasteiger partial charge in [0.25, 0.3) is 0 Å². The lowest BCUT2D eigenvalue weighted by atomic mass is 10.1. The first-order valence-electron chi connectivity index (χ1n) is 5.53. The summed E-state index contributed by atoms with van der Waals surface area (Å²) < 4.78 is 10.2. The van der Waals surface area contributed by atoms with Crippen LogP contribution in [0.1, 0.15) is 30.6 Å². The number of carbonyl (C=O) groups is 2. The van der Waals surface area contributed by atoms with E-state index in [2.05, 4.69) is 0 Å². The SMILES string of the molecule is CCOC(=O)CCOc1ccccc1C(C)=O. The summed E-state index contributed by atoms with van der Waals surface area (Å²) in [7, 11) is 0. The van der Waals surface area contributed by atoms with Crippen molar-refractivity contribution in [2.45, 2.75) is 20.3 Å². The Morgan fingerprint density at radius 3 is 2.59 bits per heavy atom. The van der Waals surface area contributed by atoms with E-state index in [1.165, 1.54) is 6.92 Å². The second kappa shape index (κ2) is 6.68. The maximum atomic E-state index is 11.3. The van der Waals surface area contributed by atoms with E-state index < -0.39 is 0 Å². The van der Waals surface area contributed by atoms with E-state index in [9.17, 15) is 9.59 Å². The van der Waals surface area contributed by atoms with Crippen LogP contribution in [0.15, 0.2) is 24.3 Å². The molecule has 92 valence electrons.